The van der Waals surface area contributed by atoms with Crippen molar-refractivity contribution < 1.29 is 0 Å². The van der Waals surface area contributed by atoms with Crippen LogP contribution in [0.15, 0.2) is 0 Å². The monoisotopic (exact) mass is 236 g/mol. The lowest BCUT2D eigenvalue weighted by molar-refractivity contribution is 0.671. The van der Waals surface area contributed by atoms with Crippen molar-refractivity contribution in [3.05, 3.63) is 11.3 Å². The zero-order valence-corrected chi connectivity index (χ0v) is 11.4. The highest BCUT2D eigenvalue weighted by Gasteiger charge is 2.27. The molecule has 96 valence electrons. The van der Waals surface area contributed by atoms with Crippen molar-refractivity contribution in [1.29, 1.82) is 0 Å². The largest absolute Gasteiger partial charge is 0.354 e. The molecule has 2 N–H and O–H groups in total. The Morgan fingerprint density at radius 2 is 2.24 bits per heavy atom. The van der Waals surface area contributed by atoms with E-state index >= 15 is 0 Å². The molecule has 4 nitrogen and oxygen atoms in total. The molecule has 1 aliphatic rings. The molecule has 17 heavy (non-hydrogen) atoms. The number of hydrogen-bond donors (Lipinski definition) is 1. The number of hydrogen-bond acceptors (Lipinski definition) is 3. The number of aryl methyl sites for hydroxylation is 2. The summed E-state index contributed by atoms with van der Waals surface area (Å²) in [5.74, 6) is 1.28. The Morgan fingerprint density at radius 1 is 1.53 bits per heavy atom. The fourth-order valence-electron chi connectivity index (χ4n) is 2.86. The first kappa shape index (κ1) is 12.4. The van der Waals surface area contributed by atoms with Crippen molar-refractivity contribution in [2.24, 2.45) is 12.8 Å². The van der Waals surface area contributed by atoms with Gasteiger partial charge in [-0.05, 0) is 40.0 Å². The summed E-state index contributed by atoms with van der Waals surface area (Å²) < 4.78 is 2.02. The molecule has 0 radical (unpaired) electrons. The third-order valence-electron chi connectivity index (χ3n) is 3.66. The van der Waals surface area contributed by atoms with Gasteiger partial charge in [-0.2, -0.15) is 5.10 Å². The van der Waals surface area contributed by atoms with E-state index in [1.807, 2.05) is 11.7 Å². The first-order valence-corrected chi connectivity index (χ1v) is 6.55. The van der Waals surface area contributed by atoms with Crippen molar-refractivity contribution in [3.63, 3.8) is 0 Å². The van der Waals surface area contributed by atoms with Crippen LogP contribution in [0.4, 0.5) is 5.82 Å². The lowest BCUT2D eigenvalue weighted by Crippen LogP contribution is -2.30. The fourth-order valence-corrected chi connectivity index (χ4v) is 2.86. The number of aromatic nitrogens is 2. The van der Waals surface area contributed by atoms with Crippen molar-refractivity contribution in [3.8, 4) is 0 Å². The van der Waals surface area contributed by atoms with E-state index in [4.69, 9.17) is 5.73 Å². The highest BCUT2D eigenvalue weighted by Crippen LogP contribution is 2.30. The number of rotatable bonds is 3. The zero-order chi connectivity index (χ0) is 12.6. The van der Waals surface area contributed by atoms with E-state index in [9.17, 15) is 0 Å². The molecule has 2 heterocycles. The quantitative estimate of drug-likeness (QED) is 0.867. The summed E-state index contributed by atoms with van der Waals surface area (Å²) in [4.78, 5) is 2.48. The van der Waals surface area contributed by atoms with Gasteiger partial charge >= 0.3 is 0 Å². The lowest BCUT2D eigenvalue weighted by atomic mass is 10.1. The molecular formula is C13H24N4. The second-order valence-corrected chi connectivity index (χ2v) is 5.38. The minimum Gasteiger partial charge on any atom is -0.354 e. The third-order valence-corrected chi connectivity index (χ3v) is 3.66. The van der Waals surface area contributed by atoms with Gasteiger partial charge in [0.25, 0.3) is 0 Å². The van der Waals surface area contributed by atoms with Gasteiger partial charge in [-0.25, -0.2) is 0 Å². The van der Waals surface area contributed by atoms with E-state index in [1.165, 1.54) is 24.2 Å². The second-order valence-electron chi connectivity index (χ2n) is 5.38. The van der Waals surface area contributed by atoms with Crippen LogP contribution in [0.25, 0.3) is 0 Å². The van der Waals surface area contributed by atoms with Gasteiger partial charge in [0.05, 0.1) is 5.69 Å². The fraction of sp³-hybridized carbons (Fsp3) is 0.769. The van der Waals surface area contributed by atoms with Crippen LogP contribution in [0.2, 0.25) is 0 Å². The van der Waals surface area contributed by atoms with Gasteiger partial charge in [0.1, 0.15) is 5.82 Å². The molecule has 0 saturated carbocycles. The molecule has 2 unspecified atom stereocenters. The Labute approximate surface area is 104 Å². The SMILES string of the molecule is Cc1nn(C)c(N2CCCC2C)c1CC(C)N. The van der Waals surface area contributed by atoms with E-state index in [-0.39, 0.29) is 6.04 Å². The Morgan fingerprint density at radius 3 is 2.76 bits per heavy atom. The van der Waals surface area contributed by atoms with Crippen LogP contribution in [-0.2, 0) is 13.5 Å². The number of nitrogens with zero attached hydrogens (tertiary/aromatic N) is 3. The lowest BCUT2D eigenvalue weighted by Gasteiger charge is -2.25. The van der Waals surface area contributed by atoms with Crippen LogP contribution in [0.3, 0.4) is 0 Å². The van der Waals surface area contributed by atoms with E-state index in [2.05, 4.69) is 30.8 Å². The van der Waals surface area contributed by atoms with Gasteiger partial charge in [-0.1, -0.05) is 0 Å². The molecule has 1 aromatic rings. The molecule has 1 aliphatic heterocycles. The maximum Gasteiger partial charge on any atom is 0.130 e. The maximum absolute atomic E-state index is 5.95. The van der Waals surface area contributed by atoms with Gasteiger partial charge < -0.3 is 10.6 Å². The van der Waals surface area contributed by atoms with Crippen LogP contribution in [0, 0.1) is 6.92 Å². The molecule has 0 amide bonds. The first-order valence-electron chi connectivity index (χ1n) is 6.55. The van der Waals surface area contributed by atoms with Crippen LogP contribution in [0.1, 0.15) is 37.9 Å². The highest BCUT2D eigenvalue weighted by molar-refractivity contribution is 5.52. The van der Waals surface area contributed by atoms with Crippen LogP contribution >= 0.6 is 0 Å². The van der Waals surface area contributed by atoms with Gasteiger partial charge in [-0.3, -0.25) is 4.68 Å². The molecule has 1 saturated heterocycles. The summed E-state index contributed by atoms with van der Waals surface area (Å²) in [7, 11) is 2.04. The summed E-state index contributed by atoms with van der Waals surface area (Å²) in [5.41, 5.74) is 8.40. The Hall–Kier alpha value is -1.03. The summed E-state index contributed by atoms with van der Waals surface area (Å²) in [6, 6.07) is 0.811. The summed E-state index contributed by atoms with van der Waals surface area (Å²) in [6.07, 6.45) is 3.48. The molecular weight excluding hydrogens is 212 g/mol. The van der Waals surface area contributed by atoms with Crippen molar-refractivity contribution >= 4 is 5.82 Å². The van der Waals surface area contributed by atoms with E-state index in [1.54, 1.807) is 0 Å². The Kier molecular flexibility index (Phi) is 3.43. The van der Waals surface area contributed by atoms with Crippen molar-refractivity contribution in [2.75, 3.05) is 11.4 Å². The third kappa shape index (κ3) is 2.32. The number of nitrogens with two attached hydrogens (primary N) is 1. The molecule has 1 aromatic heterocycles. The predicted molar refractivity (Wildman–Crippen MR) is 71.3 cm³/mol. The predicted octanol–water partition coefficient (Wildman–Crippen LogP) is 1.61. The summed E-state index contributed by atoms with van der Waals surface area (Å²) >= 11 is 0. The van der Waals surface area contributed by atoms with Gasteiger partial charge in [-0.15, -0.1) is 0 Å². The van der Waals surface area contributed by atoms with Crippen molar-refractivity contribution in [2.45, 2.75) is 52.1 Å². The molecule has 1 fully saturated rings. The topological polar surface area (TPSA) is 47.1 Å². The van der Waals surface area contributed by atoms with Crippen LogP contribution < -0.4 is 10.6 Å². The molecule has 0 bridgehead atoms. The summed E-state index contributed by atoms with van der Waals surface area (Å²) in [6.45, 7) is 7.59. The standard InChI is InChI=1S/C13H24N4/c1-9(14)8-12-11(3)15-16(4)13(12)17-7-5-6-10(17)2/h9-10H,5-8,14H2,1-4H3. The highest BCUT2D eigenvalue weighted by atomic mass is 15.4. The first-order chi connectivity index (χ1) is 8.00. The van der Waals surface area contributed by atoms with Gasteiger partial charge in [0, 0.05) is 31.2 Å². The van der Waals surface area contributed by atoms with Crippen molar-refractivity contribution in [1.82, 2.24) is 9.78 Å². The molecule has 2 atom stereocenters. The van der Waals surface area contributed by atoms with E-state index in [0.29, 0.717) is 6.04 Å². The average molecular weight is 236 g/mol. The van der Waals surface area contributed by atoms with E-state index < -0.39 is 0 Å². The smallest absolute Gasteiger partial charge is 0.130 e. The van der Waals surface area contributed by atoms with Crippen LogP contribution in [-0.4, -0.2) is 28.4 Å². The molecule has 4 heteroatoms. The van der Waals surface area contributed by atoms with Crippen LogP contribution in [0.5, 0.6) is 0 Å². The molecule has 0 spiro atoms. The van der Waals surface area contributed by atoms with Gasteiger partial charge in [0.2, 0.25) is 0 Å². The zero-order valence-electron chi connectivity index (χ0n) is 11.4. The van der Waals surface area contributed by atoms with Gasteiger partial charge in [0.15, 0.2) is 0 Å². The Bertz CT molecular complexity index is 394. The maximum atomic E-state index is 5.95. The minimum atomic E-state index is 0.189. The number of anilines is 1. The molecule has 2 rings (SSSR count). The normalized spacial score (nSPS) is 22.2. The minimum absolute atomic E-state index is 0.189. The molecule has 0 aliphatic carbocycles. The summed E-state index contributed by atoms with van der Waals surface area (Å²) in [5, 5.41) is 4.56. The molecule has 0 aromatic carbocycles. The van der Waals surface area contributed by atoms with E-state index in [0.717, 1.165) is 18.7 Å². The second kappa shape index (κ2) is 4.69. The Balaban J connectivity index is 2.37. The average Bonchev–Trinajstić information content (AvgIpc) is 2.72.